The van der Waals surface area contributed by atoms with Gasteiger partial charge in [-0.15, -0.1) is 0 Å². The van der Waals surface area contributed by atoms with Crippen LogP contribution in [0.2, 0.25) is 0 Å². The van der Waals surface area contributed by atoms with E-state index >= 15 is 0 Å². The Morgan fingerprint density at radius 3 is 3.08 bits per heavy atom. The van der Waals surface area contributed by atoms with Gasteiger partial charge in [0.1, 0.15) is 0 Å². The molecule has 0 saturated heterocycles. The minimum Gasteiger partial charge on any atom is -0.478 e. The van der Waals surface area contributed by atoms with Crippen molar-refractivity contribution in [2.45, 2.75) is 18.9 Å². The molecule has 1 fully saturated rings. The molecule has 0 unspecified atom stereocenters. The van der Waals surface area contributed by atoms with Crippen molar-refractivity contribution in [1.82, 2.24) is 9.55 Å². The highest BCUT2D eigenvalue weighted by Crippen LogP contribution is 2.35. The molecule has 0 spiro atoms. The summed E-state index contributed by atoms with van der Waals surface area (Å²) in [6.45, 7) is 0. The molecule has 1 saturated carbocycles. The molecular weight excluding hydrogens is 168 g/mol. The highest BCUT2D eigenvalue weighted by Gasteiger charge is 2.24. The fraction of sp³-hybridized carbons (Fsp3) is 0.333. The van der Waals surface area contributed by atoms with Crippen LogP contribution in [0, 0.1) is 0 Å². The second-order valence-electron chi connectivity index (χ2n) is 3.13. The molecule has 1 N–H and O–H groups in total. The van der Waals surface area contributed by atoms with Crippen molar-refractivity contribution in [2.75, 3.05) is 0 Å². The number of carboxylic acid groups (broad SMARTS) is 1. The first-order chi connectivity index (χ1) is 6.27. The van der Waals surface area contributed by atoms with Gasteiger partial charge >= 0.3 is 5.97 Å². The second kappa shape index (κ2) is 3.05. The fourth-order valence-corrected chi connectivity index (χ4v) is 1.26. The number of carbonyl (C=O) groups is 1. The maximum Gasteiger partial charge on any atom is 0.328 e. The van der Waals surface area contributed by atoms with Gasteiger partial charge in [0.15, 0.2) is 0 Å². The number of rotatable bonds is 3. The van der Waals surface area contributed by atoms with Gasteiger partial charge in [0.25, 0.3) is 0 Å². The summed E-state index contributed by atoms with van der Waals surface area (Å²) in [5.74, 6) is -0.927. The quantitative estimate of drug-likeness (QED) is 0.710. The van der Waals surface area contributed by atoms with E-state index in [1.54, 1.807) is 18.6 Å². The molecule has 1 aliphatic carbocycles. The minimum absolute atomic E-state index is 0.538. The number of hydrogen-bond donors (Lipinski definition) is 1. The molecule has 0 radical (unpaired) electrons. The Labute approximate surface area is 75.5 Å². The van der Waals surface area contributed by atoms with Crippen LogP contribution in [0.5, 0.6) is 0 Å². The van der Waals surface area contributed by atoms with Crippen LogP contribution in [-0.4, -0.2) is 20.6 Å². The standard InChI is InChI=1S/C9H10N2O2/c12-9(13)4-3-8-5-10-6-11(8)7-1-2-7/h3-7H,1-2H2,(H,12,13)/b4-3+. The van der Waals surface area contributed by atoms with Crippen molar-refractivity contribution in [3.05, 3.63) is 24.3 Å². The molecule has 1 aromatic rings. The van der Waals surface area contributed by atoms with Gasteiger partial charge in [0.05, 0.1) is 18.2 Å². The predicted octanol–water partition coefficient (Wildman–Crippen LogP) is 1.32. The Balaban J connectivity index is 2.19. The molecule has 2 rings (SSSR count). The van der Waals surface area contributed by atoms with E-state index in [1.807, 2.05) is 4.57 Å². The third-order valence-electron chi connectivity index (χ3n) is 2.03. The lowest BCUT2D eigenvalue weighted by molar-refractivity contribution is -0.131. The summed E-state index contributed by atoms with van der Waals surface area (Å²) >= 11 is 0. The first-order valence-electron chi connectivity index (χ1n) is 4.20. The van der Waals surface area contributed by atoms with Gasteiger partial charge in [0, 0.05) is 12.1 Å². The van der Waals surface area contributed by atoms with Gasteiger partial charge in [-0.05, 0) is 18.9 Å². The Bertz CT molecular complexity index is 350. The summed E-state index contributed by atoms with van der Waals surface area (Å²) in [4.78, 5) is 14.3. The molecule has 4 heteroatoms. The van der Waals surface area contributed by atoms with Crippen molar-refractivity contribution in [1.29, 1.82) is 0 Å². The number of hydrogen-bond acceptors (Lipinski definition) is 2. The maximum absolute atomic E-state index is 10.3. The molecule has 4 nitrogen and oxygen atoms in total. The molecule has 0 atom stereocenters. The zero-order chi connectivity index (χ0) is 9.26. The summed E-state index contributed by atoms with van der Waals surface area (Å²) in [6, 6.07) is 0.538. The molecule has 0 aromatic carbocycles. The lowest BCUT2D eigenvalue weighted by atomic mass is 10.4. The summed E-state index contributed by atoms with van der Waals surface area (Å²) < 4.78 is 2.01. The van der Waals surface area contributed by atoms with Gasteiger partial charge in [-0.2, -0.15) is 0 Å². The van der Waals surface area contributed by atoms with Crippen LogP contribution < -0.4 is 0 Å². The number of aromatic nitrogens is 2. The molecule has 0 aliphatic heterocycles. The van der Waals surface area contributed by atoms with Crippen molar-refractivity contribution >= 4 is 12.0 Å². The summed E-state index contributed by atoms with van der Waals surface area (Å²) in [7, 11) is 0. The molecule has 68 valence electrons. The Hall–Kier alpha value is -1.58. The normalized spacial score (nSPS) is 16.6. The summed E-state index contributed by atoms with van der Waals surface area (Å²) in [5, 5.41) is 8.44. The zero-order valence-electron chi connectivity index (χ0n) is 7.05. The fourth-order valence-electron chi connectivity index (χ4n) is 1.26. The minimum atomic E-state index is -0.927. The second-order valence-corrected chi connectivity index (χ2v) is 3.13. The Kier molecular flexibility index (Phi) is 1.88. The lowest BCUT2D eigenvalue weighted by Gasteiger charge is -2.00. The van der Waals surface area contributed by atoms with E-state index in [2.05, 4.69) is 4.98 Å². The summed E-state index contributed by atoms with van der Waals surface area (Å²) in [6.07, 6.45) is 8.48. The topological polar surface area (TPSA) is 55.1 Å². The van der Waals surface area contributed by atoms with E-state index in [0.717, 1.165) is 11.8 Å². The monoisotopic (exact) mass is 178 g/mol. The van der Waals surface area contributed by atoms with Gasteiger partial charge in [-0.3, -0.25) is 0 Å². The number of nitrogens with zero attached hydrogens (tertiary/aromatic N) is 2. The smallest absolute Gasteiger partial charge is 0.328 e. The van der Waals surface area contributed by atoms with Crippen LogP contribution in [-0.2, 0) is 4.79 Å². The largest absolute Gasteiger partial charge is 0.478 e. The molecule has 1 heterocycles. The highest BCUT2D eigenvalue weighted by atomic mass is 16.4. The number of imidazole rings is 1. The van der Waals surface area contributed by atoms with Crippen LogP contribution >= 0.6 is 0 Å². The van der Waals surface area contributed by atoms with Crippen molar-refractivity contribution in [3.8, 4) is 0 Å². The maximum atomic E-state index is 10.3. The lowest BCUT2D eigenvalue weighted by Crippen LogP contribution is -1.94. The average Bonchev–Trinajstić information content (AvgIpc) is 2.82. The van der Waals surface area contributed by atoms with Gasteiger partial charge < -0.3 is 9.67 Å². The average molecular weight is 178 g/mol. The SMILES string of the molecule is O=C(O)/C=C/c1cncn1C1CC1. The van der Waals surface area contributed by atoms with Crippen LogP contribution in [0.25, 0.3) is 6.08 Å². The molecule has 0 bridgehead atoms. The predicted molar refractivity (Wildman–Crippen MR) is 47.2 cm³/mol. The summed E-state index contributed by atoms with van der Waals surface area (Å²) in [5.41, 5.74) is 0.866. The van der Waals surface area contributed by atoms with Gasteiger partial charge in [-0.1, -0.05) is 0 Å². The third-order valence-corrected chi connectivity index (χ3v) is 2.03. The molecule has 1 aliphatic rings. The highest BCUT2D eigenvalue weighted by molar-refractivity contribution is 5.84. The first kappa shape index (κ1) is 8.04. The van der Waals surface area contributed by atoms with Crippen molar-refractivity contribution < 1.29 is 9.90 Å². The molecular formula is C9H10N2O2. The third kappa shape index (κ3) is 1.77. The first-order valence-corrected chi connectivity index (χ1v) is 4.20. The van der Waals surface area contributed by atoms with Crippen LogP contribution in [0.4, 0.5) is 0 Å². The van der Waals surface area contributed by atoms with E-state index in [0.29, 0.717) is 6.04 Å². The van der Waals surface area contributed by atoms with Crippen LogP contribution in [0.15, 0.2) is 18.6 Å². The zero-order valence-corrected chi connectivity index (χ0v) is 7.05. The van der Waals surface area contributed by atoms with E-state index in [-0.39, 0.29) is 0 Å². The van der Waals surface area contributed by atoms with E-state index in [1.165, 1.54) is 12.8 Å². The Morgan fingerprint density at radius 2 is 2.46 bits per heavy atom. The number of carboxylic acids is 1. The van der Waals surface area contributed by atoms with Crippen LogP contribution in [0.1, 0.15) is 24.6 Å². The van der Waals surface area contributed by atoms with E-state index < -0.39 is 5.97 Å². The van der Waals surface area contributed by atoms with E-state index in [9.17, 15) is 4.79 Å². The van der Waals surface area contributed by atoms with Crippen molar-refractivity contribution in [2.24, 2.45) is 0 Å². The Morgan fingerprint density at radius 1 is 1.69 bits per heavy atom. The van der Waals surface area contributed by atoms with E-state index in [4.69, 9.17) is 5.11 Å². The molecule has 0 amide bonds. The molecule has 13 heavy (non-hydrogen) atoms. The molecule has 1 aromatic heterocycles. The van der Waals surface area contributed by atoms with Crippen LogP contribution in [0.3, 0.4) is 0 Å². The number of aliphatic carboxylic acids is 1. The van der Waals surface area contributed by atoms with Crippen molar-refractivity contribution in [3.63, 3.8) is 0 Å². The van der Waals surface area contributed by atoms with Gasteiger partial charge in [0.2, 0.25) is 0 Å². The van der Waals surface area contributed by atoms with Gasteiger partial charge in [-0.25, -0.2) is 9.78 Å².